The third-order valence-corrected chi connectivity index (χ3v) is 2.48. The topological polar surface area (TPSA) is 139 Å². The molecular formula is C11H17N5O3. The average molecular weight is 267 g/mol. The number of hydrogen-bond donors (Lipinski definition) is 3. The number of aromatic nitrogens is 1. The molecule has 0 fully saturated rings. The molecule has 6 N–H and O–H groups in total. The molecule has 1 atom stereocenters. The molecule has 19 heavy (non-hydrogen) atoms. The zero-order valence-corrected chi connectivity index (χ0v) is 10.6. The van der Waals surface area contributed by atoms with Crippen LogP contribution in [-0.2, 0) is 9.63 Å². The maximum atomic E-state index is 11.9. The summed E-state index contributed by atoms with van der Waals surface area (Å²) in [4.78, 5) is 28.1. The van der Waals surface area contributed by atoms with Crippen LogP contribution in [0.1, 0.15) is 18.0 Å². The van der Waals surface area contributed by atoms with Crippen molar-refractivity contribution in [3.8, 4) is 0 Å². The summed E-state index contributed by atoms with van der Waals surface area (Å²) < 4.78 is 1.27. The third kappa shape index (κ3) is 4.02. The van der Waals surface area contributed by atoms with Crippen LogP contribution < -0.4 is 22.8 Å². The second-order valence-corrected chi connectivity index (χ2v) is 3.96. The number of carbonyl (C=O) groups excluding carboxylic acids is 1. The van der Waals surface area contributed by atoms with Crippen LogP contribution in [0.4, 0.5) is 0 Å². The Bertz CT molecular complexity index is 533. The van der Waals surface area contributed by atoms with Gasteiger partial charge in [-0.3, -0.25) is 9.59 Å². The monoisotopic (exact) mass is 267 g/mol. The molecule has 0 spiro atoms. The predicted molar refractivity (Wildman–Crippen MR) is 70.0 cm³/mol. The van der Waals surface area contributed by atoms with Crippen molar-refractivity contribution < 1.29 is 9.63 Å². The van der Waals surface area contributed by atoms with Gasteiger partial charge in [0.1, 0.15) is 12.6 Å². The van der Waals surface area contributed by atoms with Crippen LogP contribution in [0.25, 0.3) is 0 Å². The Balaban J connectivity index is 2.84. The van der Waals surface area contributed by atoms with Crippen LogP contribution in [0.15, 0.2) is 28.3 Å². The molecular weight excluding hydrogens is 250 g/mol. The first kappa shape index (κ1) is 14.6. The summed E-state index contributed by atoms with van der Waals surface area (Å²) in [5.41, 5.74) is 15.7. The lowest BCUT2D eigenvalue weighted by Crippen LogP contribution is -2.35. The van der Waals surface area contributed by atoms with E-state index in [-0.39, 0.29) is 24.5 Å². The summed E-state index contributed by atoms with van der Waals surface area (Å²) in [5, 5.41) is 3.32. The van der Waals surface area contributed by atoms with Crippen molar-refractivity contribution in [1.82, 2.24) is 4.57 Å². The van der Waals surface area contributed by atoms with Gasteiger partial charge in [-0.1, -0.05) is 6.07 Å². The van der Waals surface area contributed by atoms with E-state index in [1.165, 1.54) is 10.8 Å². The largest absolute Gasteiger partial charge is 0.393 e. The number of hydrogen-bond acceptors (Lipinski definition) is 4. The number of carbonyl (C=O) groups is 1. The molecule has 0 aliphatic rings. The Hall–Kier alpha value is -2.51. The van der Waals surface area contributed by atoms with E-state index in [1.807, 2.05) is 0 Å². The summed E-state index contributed by atoms with van der Waals surface area (Å²) in [6.45, 7) is 1.72. The lowest BCUT2D eigenvalue weighted by Gasteiger charge is -2.16. The van der Waals surface area contributed by atoms with Gasteiger partial charge in [-0.25, -0.2) is 0 Å². The Kier molecular flexibility index (Phi) is 4.92. The molecule has 1 aromatic rings. The highest BCUT2D eigenvalue weighted by atomic mass is 16.6. The van der Waals surface area contributed by atoms with Crippen LogP contribution in [-0.4, -0.2) is 23.0 Å². The van der Waals surface area contributed by atoms with Crippen LogP contribution >= 0.6 is 0 Å². The van der Waals surface area contributed by atoms with Crippen molar-refractivity contribution in [2.75, 3.05) is 6.61 Å². The number of oxime groups is 1. The first-order valence-electron chi connectivity index (χ1n) is 5.61. The van der Waals surface area contributed by atoms with Crippen molar-refractivity contribution in [3.63, 3.8) is 0 Å². The molecule has 8 heteroatoms. The van der Waals surface area contributed by atoms with Crippen LogP contribution in [0, 0.1) is 6.92 Å². The molecule has 0 saturated heterocycles. The van der Waals surface area contributed by atoms with Gasteiger partial charge in [0.2, 0.25) is 11.9 Å². The van der Waals surface area contributed by atoms with Gasteiger partial charge in [-0.05, 0) is 18.1 Å². The number of rotatable bonds is 6. The van der Waals surface area contributed by atoms with Gasteiger partial charge in [0.25, 0.3) is 5.56 Å². The van der Waals surface area contributed by atoms with Crippen molar-refractivity contribution in [1.29, 1.82) is 0 Å². The fourth-order valence-corrected chi connectivity index (χ4v) is 1.57. The third-order valence-electron chi connectivity index (χ3n) is 2.48. The van der Waals surface area contributed by atoms with E-state index in [4.69, 9.17) is 22.0 Å². The summed E-state index contributed by atoms with van der Waals surface area (Å²) in [5.74, 6) is -0.843. The highest BCUT2D eigenvalue weighted by molar-refractivity contribution is 5.78. The molecule has 1 rings (SSSR count). The molecule has 1 heterocycles. The number of nitrogens with zero attached hydrogens (tertiary/aromatic N) is 2. The Morgan fingerprint density at radius 2 is 2.16 bits per heavy atom. The van der Waals surface area contributed by atoms with E-state index in [2.05, 4.69) is 5.16 Å². The summed E-state index contributed by atoms with van der Waals surface area (Å²) >= 11 is 0. The number of pyridine rings is 1. The quantitative estimate of drug-likeness (QED) is 0.256. The normalized spacial score (nSPS) is 11.6. The maximum absolute atomic E-state index is 11.9. The molecule has 0 saturated carbocycles. The van der Waals surface area contributed by atoms with Crippen molar-refractivity contribution in [2.45, 2.75) is 19.4 Å². The lowest BCUT2D eigenvalue weighted by atomic mass is 10.2. The zero-order valence-electron chi connectivity index (χ0n) is 10.6. The fraction of sp³-hybridized carbons (Fsp3) is 0.364. The smallest absolute Gasteiger partial charge is 0.254 e. The highest BCUT2D eigenvalue weighted by Crippen LogP contribution is 2.09. The van der Waals surface area contributed by atoms with E-state index >= 15 is 0 Å². The number of aryl methyl sites for hydroxylation is 1. The minimum Gasteiger partial charge on any atom is -0.393 e. The minimum atomic E-state index is -0.804. The number of primary amides is 1. The average Bonchev–Trinajstić information content (AvgIpc) is 2.33. The molecule has 1 aromatic heterocycles. The molecule has 0 radical (unpaired) electrons. The van der Waals surface area contributed by atoms with Gasteiger partial charge >= 0.3 is 0 Å². The molecule has 1 unspecified atom stereocenters. The second-order valence-electron chi connectivity index (χ2n) is 3.96. The standard InChI is InChI=1S/C11H17N5O3/c1-7-3-2-5-16(10(7)18)8(9(12)17)4-6-19-15-11(13)14/h2-3,5,8H,4,6H2,1H3,(H2,12,17)(H4,13,14,15). The lowest BCUT2D eigenvalue weighted by molar-refractivity contribution is -0.121. The molecule has 0 bridgehead atoms. The van der Waals surface area contributed by atoms with Gasteiger partial charge in [0.05, 0.1) is 0 Å². The first-order chi connectivity index (χ1) is 8.93. The Labute approximate surface area is 109 Å². The molecule has 1 amide bonds. The summed E-state index contributed by atoms with van der Waals surface area (Å²) in [7, 11) is 0. The minimum absolute atomic E-state index is 0.0614. The van der Waals surface area contributed by atoms with Gasteiger partial charge in [-0.2, -0.15) is 0 Å². The Morgan fingerprint density at radius 3 is 2.74 bits per heavy atom. The molecule has 8 nitrogen and oxygen atoms in total. The van der Waals surface area contributed by atoms with Gasteiger partial charge in [0.15, 0.2) is 0 Å². The van der Waals surface area contributed by atoms with Crippen molar-refractivity contribution >= 4 is 11.9 Å². The zero-order chi connectivity index (χ0) is 14.4. The van der Waals surface area contributed by atoms with Crippen molar-refractivity contribution in [3.05, 3.63) is 34.2 Å². The Morgan fingerprint density at radius 1 is 1.47 bits per heavy atom. The molecule has 0 aliphatic carbocycles. The molecule has 0 aliphatic heterocycles. The van der Waals surface area contributed by atoms with E-state index < -0.39 is 11.9 Å². The second kappa shape index (κ2) is 6.43. The molecule has 0 aromatic carbocycles. The van der Waals surface area contributed by atoms with E-state index in [1.54, 1.807) is 19.1 Å². The van der Waals surface area contributed by atoms with Crippen molar-refractivity contribution in [2.24, 2.45) is 22.4 Å². The van der Waals surface area contributed by atoms with E-state index in [0.29, 0.717) is 5.56 Å². The van der Waals surface area contributed by atoms with Gasteiger partial charge in [-0.15, -0.1) is 0 Å². The van der Waals surface area contributed by atoms with Crippen LogP contribution in [0.5, 0.6) is 0 Å². The highest BCUT2D eigenvalue weighted by Gasteiger charge is 2.19. The van der Waals surface area contributed by atoms with E-state index in [9.17, 15) is 9.59 Å². The molecule has 104 valence electrons. The summed E-state index contributed by atoms with van der Waals surface area (Å²) in [6.07, 6.45) is 1.70. The van der Waals surface area contributed by atoms with Gasteiger partial charge < -0.3 is 26.6 Å². The van der Waals surface area contributed by atoms with Crippen LogP contribution in [0.3, 0.4) is 0 Å². The summed E-state index contributed by atoms with van der Waals surface area (Å²) in [6, 6.07) is 2.53. The first-order valence-corrected chi connectivity index (χ1v) is 5.61. The SMILES string of the molecule is Cc1cccn(C(CCON=C(N)N)C(N)=O)c1=O. The number of amides is 1. The van der Waals surface area contributed by atoms with Crippen LogP contribution in [0.2, 0.25) is 0 Å². The fourth-order valence-electron chi connectivity index (χ4n) is 1.57. The van der Waals surface area contributed by atoms with E-state index in [0.717, 1.165) is 0 Å². The number of nitrogens with two attached hydrogens (primary N) is 3. The maximum Gasteiger partial charge on any atom is 0.254 e. The predicted octanol–water partition coefficient (Wildman–Crippen LogP) is -1.22. The van der Waals surface area contributed by atoms with Gasteiger partial charge in [0, 0.05) is 18.2 Å². The number of guanidine groups is 1.